The van der Waals surface area contributed by atoms with Gasteiger partial charge in [0, 0.05) is 18.7 Å². The Morgan fingerprint density at radius 2 is 1.66 bits per heavy atom. The number of benzene rings is 2. The van der Waals surface area contributed by atoms with Gasteiger partial charge in [0.1, 0.15) is 11.6 Å². The molecule has 3 rings (SSSR count). The van der Waals surface area contributed by atoms with Crippen LogP contribution < -0.4 is 15.6 Å². The number of ether oxygens (including phenoxy) is 1. The number of aromatic nitrogens is 2. The van der Waals surface area contributed by atoms with Crippen LogP contribution in [-0.4, -0.2) is 21.8 Å². The van der Waals surface area contributed by atoms with E-state index < -0.39 is 17.5 Å². The summed E-state index contributed by atoms with van der Waals surface area (Å²) in [5.74, 6) is -1.06. The summed E-state index contributed by atoms with van der Waals surface area (Å²) in [6.07, 6.45) is -0.464. The lowest BCUT2D eigenvalue weighted by molar-refractivity contribution is -0.128. The molecule has 0 saturated carbocycles. The Labute approximate surface area is 165 Å². The highest BCUT2D eigenvalue weighted by molar-refractivity contribution is 5.81. The molecule has 0 aliphatic rings. The number of nitrogens with zero attached hydrogens (tertiary/aromatic N) is 2. The summed E-state index contributed by atoms with van der Waals surface area (Å²) < 4.78 is 32.8. The zero-order valence-electron chi connectivity index (χ0n) is 15.6. The number of hydrogen-bond acceptors (Lipinski definition) is 4. The van der Waals surface area contributed by atoms with Crippen LogP contribution in [0.2, 0.25) is 0 Å². The molecule has 6 nitrogen and oxygen atoms in total. The van der Waals surface area contributed by atoms with Crippen molar-refractivity contribution in [2.45, 2.75) is 26.0 Å². The molecule has 150 valence electrons. The lowest BCUT2D eigenvalue weighted by atomic mass is 10.2. The minimum atomic E-state index is -0.831. The fourth-order valence-electron chi connectivity index (χ4n) is 2.60. The Morgan fingerprint density at radius 3 is 2.28 bits per heavy atom. The largest absolute Gasteiger partial charge is 0.463 e. The molecule has 0 aliphatic heterocycles. The quantitative estimate of drug-likeness (QED) is 0.663. The van der Waals surface area contributed by atoms with Gasteiger partial charge in [0.05, 0.1) is 5.69 Å². The van der Waals surface area contributed by atoms with E-state index in [1.807, 2.05) is 0 Å². The standard InChI is InChI=1S/C21H19F2N3O3/c1-2-18(21(28)24-13-14-3-5-15(22)6-4-14)29-19-11-12-20(27)26(25-19)17-9-7-16(23)8-10-17/h3-12,18H,2,13H2,1H3,(H,24,28)/t18-/m1/s1. The number of amides is 1. The minimum absolute atomic E-state index is 0.0812. The average Bonchev–Trinajstić information content (AvgIpc) is 2.73. The van der Waals surface area contributed by atoms with Crippen molar-refractivity contribution in [1.29, 1.82) is 0 Å². The molecule has 1 atom stereocenters. The molecular formula is C21H19F2N3O3. The molecule has 0 fully saturated rings. The first-order valence-corrected chi connectivity index (χ1v) is 9.01. The molecule has 0 radical (unpaired) electrons. The van der Waals surface area contributed by atoms with Gasteiger partial charge in [-0.1, -0.05) is 19.1 Å². The lowest BCUT2D eigenvalue weighted by Crippen LogP contribution is -2.38. The molecule has 29 heavy (non-hydrogen) atoms. The van der Waals surface area contributed by atoms with E-state index in [-0.39, 0.29) is 24.1 Å². The van der Waals surface area contributed by atoms with Gasteiger partial charge >= 0.3 is 0 Å². The van der Waals surface area contributed by atoms with Gasteiger partial charge in [-0.15, -0.1) is 5.10 Å². The summed E-state index contributed by atoms with van der Waals surface area (Å²) in [6.45, 7) is 2.00. The number of carbonyl (C=O) groups is 1. The SMILES string of the molecule is CC[C@@H](Oc1ccc(=O)n(-c2ccc(F)cc2)n1)C(=O)NCc1ccc(F)cc1. The zero-order valence-corrected chi connectivity index (χ0v) is 15.6. The lowest BCUT2D eigenvalue weighted by Gasteiger charge is -2.17. The van der Waals surface area contributed by atoms with E-state index in [1.165, 1.54) is 48.5 Å². The average molecular weight is 399 g/mol. The highest BCUT2D eigenvalue weighted by Crippen LogP contribution is 2.12. The molecule has 3 aromatic rings. The topological polar surface area (TPSA) is 73.2 Å². The van der Waals surface area contributed by atoms with Crippen molar-refractivity contribution >= 4 is 5.91 Å². The highest BCUT2D eigenvalue weighted by atomic mass is 19.1. The minimum Gasteiger partial charge on any atom is -0.463 e. The third-order valence-electron chi connectivity index (χ3n) is 4.15. The smallest absolute Gasteiger partial charge is 0.271 e. The Balaban J connectivity index is 1.70. The second kappa shape index (κ2) is 9.09. The number of carbonyl (C=O) groups excluding carboxylic acids is 1. The first-order chi connectivity index (χ1) is 14.0. The van der Waals surface area contributed by atoms with Crippen LogP contribution in [0.4, 0.5) is 8.78 Å². The van der Waals surface area contributed by atoms with Crippen LogP contribution in [-0.2, 0) is 11.3 Å². The van der Waals surface area contributed by atoms with E-state index in [0.717, 1.165) is 10.2 Å². The Kier molecular flexibility index (Phi) is 6.33. The zero-order chi connectivity index (χ0) is 20.8. The van der Waals surface area contributed by atoms with E-state index in [1.54, 1.807) is 19.1 Å². The monoisotopic (exact) mass is 399 g/mol. The van der Waals surface area contributed by atoms with Crippen molar-refractivity contribution in [2.24, 2.45) is 0 Å². The van der Waals surface area contributed by atoms with E-state index >= 15 is 0 Å². The number of hydrogen-bond donors (Lipinski definition) is 1. The third-order valence-corrected chi connectivity index (χ3v) is 4.15. The highest BCUT2D eigenvalue weighted by Gasteiger charge is 2.19. The summed E-state index contributed by atoms with van der Waals surface area (Å²) >= 11 is 0. The van der Waals surface area contributed by atoms with E-state index in [2.05, 4.69) is 10.4 Å². The van der Waals surface area contributed by atoms with Gasteiger partial charge in [-0.05, 0) is 48.4 Å². The van der Waals surface area contributed by atoms with Crippen LogP contribution in [0.1, 0.15) is 18.9 Å². The van der Waals surface area contributed by atoms with Crippen molar-refractivity contribution in [1.82, 2.24) is 15.1 Å². The van der Waals surface area contributed by atoms with Crippen molar-refractivity contribution in [3.63, 3.8) is 0 Å². The number of halogens is 2. The maximum absolute atomic E-state index is 13.1. The normalized spacial score (nSPS) is 11.7. The van der Waals surface area contributed by atoms with Crippen LogP contribution in [0.5, 0.6) is 5.88 Å². The van der Waals surface area contributed by atoms with Crippen molar-refractivity contribution in [3.05, 3.63) is 88.2 Å². The molecule has 1 heterocycles. The maximum Gasteiger partial charge on any atom is 0.271 e. The van der Waals surface area contributed by atoms with Gasteiger partial charge in [-0.2, -0.15) is 4.68 Å². The summed E-state index contributed by atoms with van der Waals surface area (Å²) in [4.78, 5) is 24.5. The van der Waals surface area contributed by atoms with E-state index in [0.29, 0.717) is 12.1 Å². The molecular weight excluding hydrogens is 380 g/mol. The molecule has 1 N–H and O–H groups in total. The van der Waals surface area contributed by atoms with Gasteiger partial charge in [-0.25, -0.2) is 8.78 Å². The van der Waals surface area contributed by atoms with Crippen LogP contribution in [0.25, 0.3) is 5.69 Å². The summed E-state index contributed by atoms with van der Waals surface area (Å²) in [5.41, 5.74) is 0.700. The molecule has 2 aromatic carbocycles. The Hall–Kier alpha value is -3.55. The number of rotatable bonds is 7. The predicted molar refractivity (Wildman–Crippen MR) is 103 cm³/mol. The molecule has 0 unspecified atom stereocenters. The molecule has 0 spiro atoms. The molecule has 0 saturated heterocycles. The maximum atomic E-state index is 13.1. The fourth-order valence-corrected chi connectivity index (χ4v) is 2.60. The molecule has 1 aromatic heterocycles. The molecule has 1 amide bonds. The Morgan fingerprint density at radius 1 is 1.03 bits per heavy atom. The van der Waals surface area contributed by atoms with Crippen molar-refractivity contribution in [2.75, 3.05) is 0 Å². The van der Waals surface area contributed by atoms with Crippen LogP contribution in [0.3, 0.4) is 0 Å². The second-order valence-electron chi connectivity index (χ2n) is 6.26. The van der Waals surface area contributed by atoms with Gasteiger partial charge < -0.3 is 10.1 Å². The van der Waals surface area contributed by atoms with Gasteiger partial charge in [0.15, 0.2) is 6.10 Å². The predicted octanol–water partition coefficient (Wildman–Crippen LogP) is 2.98. The molecule has 0 bridgehead atoms. The molecule has 8 heteroatoms. The van der Waals surface area contributed by atoms with Gasteiger partial charge in [0.25, 0.3) is 11.5 Å². The number of nitrogens with one attached hydrogen (secondary N) is 1. The molecule has 0 aliphatic carbocycles. The van der Waals surface area contributed by atoms with Crippen LogP contribution in [0.15, 0.2) is 65.5 Å². The fraction of sp³-hybridized carbons (Fsp3) is 0.190. The van der Waals surface area contributed by atoms with Gasteiger partial charge in [0.2, 0.25) is 5.88 Å². The second-order valence-corrected chi connectivity index (χ2v) is 6.26. The first kappa shape index (κ1) is 20.2. The summed E-state index contributed by atoms with van der Waals surface area (Å²) in [5, 5.41) is 6.84. The van der Waals surface area contributed by atoms with Crippen molar-refractivity contribution < 1.29 is 18.3 Å². The first-order valence-electron chi connectivity index (χ1n) is 9.01. The summed E-state index contributed by atoms with van der Waals surface area (Å²) in [6, 6.07) is 13.7. The van der Waals surface area contributed by atoms with Crippen LogP contribution in [0, 0.1) is 11.6 Å². The van der Waals surface area contributed by atoms with Gasteiger partial charge in [-0.3, -0.25) is 9.59 Å². The van der Waals surface area contributed by atoms with E-state index in [4.69, 9.17) is 4.74 Å². The third kappa shape index (κ3) is 5.25. The van der Waals surface area contributed by atoms with E-state index in [9.17, 15) is 18.4 Å². The van der Waals surface area contributed by atoms with Crippen molar-refractivity contribution in [3.8, 4) is 11.6 Å². The van der Waals surface area contributed by atoms with Crippen LogP contribution >= 0.6 is 0 Å². The summed E-state index contributed by atoms with van der Waals surface area (Å²) in [7, 11) is 0. The Bertz CT molecular complexity index is 1030.